The van der Waals surface area contributed by atoms with Gasteiger partial charge in [-0.3, -0.25) is 0 Å². The van der Waals surface area contributed by atoms with Crippen molar-refractivity contribution in [2.45, 2.75) is 0 Å². The molecule has 0 unspecified atom stereocenters. The molecule has 6 heteroatoms. The maximum absolute atomic E-state index is 5.55. The van der Waals surface area contributed by atoms with E-state index in [0.717, 1.165) is 11.4 Å². The summed E-state index contributed by atoms with van der Waals surface area (Å²) in [5.41, 5.74) is 8.10. The SMILES string of the molecule is CN(C)c1cccc(Nc2nccc(C(N)=S)n2)c1. The Morgan fingerprint density at radius 3 is 2.79 bits per heavy atom. The van der Waals surface area contributed by atoms with Gasteiger partial charge < -0.3 is 16.0 Å². The zero-order valence-corrected chi connectivity index (χ0v) is 11.6. The van der Waals surface area contributed by atoms with Crippen molar-refractivity contribution in [1.29, 1.82) is 0 Å². The first-order valence-electron chi connectivity index (χ1n) is 5.73. The molecule has 2 rings (SSSR count). The predicted molar refractivity (Wildman–Crippen MR) is 82.0 cm³/mol. The number of anilines is 3. The van der Waals surface area contributed by atoms with E-state index in [0.29, 0.717) is 11.6 Å². The van der Waals surface area contributed by atoms with Gasteiger partial charge in [-0.1, -0.05) is 18.3 Å². The third-order valence-corrected chi connectivity index (χ3v) is 2.74. The van der Waals surface area contributed by atoms with E-state index < -0.39 is 0 Å². The topological polar surface area (TPSA) is 67.1 Å². The van der Waals surface area contributed by atoms with Gasteiger partial charge in [0.15, 0.2) is 0 Å². The lowest BCUT2D eigenvalue weighted by Crippen LogP contribution is -2.13. The molecule has 0 saturated carbocycles. The average Bonchev–Trinajstić information content (AvgIpc) is 2.39. The fourth-order valence-electron chi connectivity index (χ4n) is 1.55. The lowest BCUT2D eigenvalue weighted by molar-refractivity contribution is 1.13. The van der Waals surface area contributed by atoms with E-state index in [4.69, 9.17) is 18.0 Å². The summed E-state index contributed by atoms with van der Waals surface area (Å²) in [6.45, 7) is 0. The number of hydrogen-bond donors (Lipinski definition) is 2. The average molecular weight is 273 g/mol. The highest BCUT2D eigenvalue weighted by Crippen LogP contribution is 2.19. The molecule has 0 amide bonds. The summed E-state index contributed by atoms with van der Waals surface area (Å²) in [4.78, 5) is 10.7. The Balaban J connectivity index is 2.23. The van der Waals surface area contributed by atoms with Crippen LogP contribution in [0.2, 0.25) is 0 Å². The molecule has 1 aromatic carbocycles. The van der Waals surface area contributed by atoms with Crippen LogP contribution >= 0.6 is 12.2 Å². The number of hydrogen-bond acceptors (Lipinski definition) is 5. The highest BCUT2D eigenvalue weighted by molar-refractivity contribution is 7.80. The van der Waals surface area contributed by atoms with Crippen LogP contribution in [0.4, 0.5) is 17.3 Å². The molecule has 0 fully saturated rings. The van der Waals surface area contributed by atoms with E-state index in [9.17, 15) is 0 Å². The Kier molecular flexibility index (Phi) is 3.91. The van der Waals surface area contributed by atoms with Crippen LogP contribution < -0.4 is 16.0 Å². The standard InChI is InChI=1S/C13H15N5S/c1-18(2)10-5-3-4-9(8-10)16-13-15-7-6-11(17-13)12(14)19/h3-8H,1-2H3,(H2,14,19)(H,15,16,17). The minimum absolute atomic E-state index is 0.257. The molecule has 0 radical (unpaired) electrons. The van der Waals surface area contributed by atoms with Crippen molar-refractivity contribution in [3.8, 4) is 0 Å². The Bertz CT molecular complexity index is 597. The molecule has 0 aliphatic carbocycles. The van der Waals surface area contributed by atoms with Gasteiger partial charge in [-0.2, -0.15) is 0 Å². The van der Waals surface area contributed by atoms with E-state index in [1.165, 1.54) is 0 Å². The van der Waals surface area contributed by atoms with Gasteiger partial charge >= 0.3 is 0 Å². The molecule has 19 heavy (non-hydrogen) atoms. The number of benzene rings is 1. The van der Waals surface area contributed by atoms with Gasteiger partial charge in [-0.05, 0) is 24.3 Å². The second kappa shape index (κ2) is 5.62. The van der Waals surface area contributed by atoms with Gasteiger partial charge in [0.1, 0.15) is 10.7 Å². The van der Waals surface area contributed by atoms with E-state index in [1.54, 1.807) is 12.3 Å². The summed E-state index contributed by atoms with van der Waals surface area (Å²) in [7, 11) is 3.98. The van der Waals surface area contributed by atoms with Crippen molar-refractivity contribution in [2.24, 2.45) is 5.73 Å². The maximum Gasteiger partial charge on any atom is 0.227 e. The van der Waals surface area contributed by atoms with Gasteiger partial charge in [0, 0.05) is 31.7 Å². The van der Waals surface area contributed by atoms with Crippen LogP contribution in [0.25, 0.3) is 0 Å². The second-order valence-corrected chi connectivity index (χ2v) is 4.64. The number of rotatable bonds is 4. The molecule has 1 aromatic heterocycles. The van der Waals surface area contributed by atoms with Crippen molar-refractivity contribution in [3.05, 3.63) is 42.2 Å². The van der Waals surface area contributed by atoms with E-state index in [1.807, 2.05) is 43.3 Å². The smallest absolute Gasteiger partial charge is 0.227 e. The fourth-order valence-corrected chi connectivity index (χ4v) is 1.66. The summed E-state index contributed by atoms with van der Waals surface area (Å²) >= 11 is 4.89. The van der Waals surface area contributed by atoms with Crippen LogP contribution in [-0.4, -0.2) is 29.1 Å². The van der Waals surface area contributed by atoms with Gasteiger partial charge in [0.25, 0.3) is 0 Å². The summed E-state index contributed by atoms with van der Waals surface area (Å²) in [6, 6.07) is 9.64. The van der Waals surface area contributed by atoms with Crippen LogP contribution in [0.3, 0.4) is 0 Å². The molecule has 0 bridgehead atoms. The highest BCUT2D eigenvalue weighted by Gasteiger charge is 2.03. The third-order valence-electron chi connectivity index (χ3n) is 2.53. The zero-order valence-electron chi connectivity index (χ0n) is 10.8. The molecule has 3 N–H and O–H groups in total. The molecule has 5 nitrogen and oxygen atoms in total. The lowest BCUT2D eigenvalue weighted by atomic mass is 10.2. The van der Waals surface area contributed by atoms with Crippen LogP contribution in [0.5, 0.6) is 0 Å². The Morgan fingerprint density at radius 1 is 1.32 bits per heavy atom. The van der Waals surface area contributed by atoms with Gasteiger partial charge in [-0.15, -0.1) is 0 Å². The number of nitrogens with zero attached hydrogens (tertiary/aromatic N) is 3. The molecule has 0 aliphatic heterocycles. The minimum atomic E-state index is 0.257. The molecule has 1 heterocycles. The van der Waals surface area contributed by atoms with E-state index in [-0.39, 0.29) is 4.99 Å². The molecule has 0 saturated heterocycles. The predicted octanol–water partition coefficient (Wildman–Crippen LogP) is 1.92. The second-order valence-electron chi connectivity index (χ2n) is 4.20. The Morgan fingerprint density at radius 2 is 2.11 bits per heavy atom. The quantitative estimate of drug-likeness (QED) is 0.830. The summed E-state index contributed by atoms with van der Waals surface area (Å²) in [6.07, 6.45) is 1.62. The molecular formula is C13H15N5S. The van der Waals surface area contributed by atoms with Crippen molar-refractivity contribution in [1.82, 2.24) is 9.97 Å². The van der Waals surface area contributed by atoms with E-state index in [2.05, 4.69) is 15.3 Å². The third kappa shape index (κ3) is 3.38. The zero-order chi connectivity index (χ0) is 13.8. The van der Waals surface area contributed by atoms with Crippen molar-refractivity contribution < 1.29 is 0 Å². The Hall–Kier alpha value is -2.21. The fraction of sp³-hybridized carbons (Fsp3) is 0.154. The first kappa shape index (κ1) is 13.2. The summed E-state index contributed by atoms with van der Waals surface area (Å²) in [5.74, 6) is 0.473. The first-order chi connectivity index (χ1) is 9.06. The molecule has 0 aliphatic rings. The van der Waals surface area contributed by atoms with Crippen LogP contribution in [0.1, 0.15) is 5.69 Å². The normalized spacial score (nSPS) is 10.0. The number of aromatic nitrogens is 2. The van der Waals surface area contributed by atoms with Gasteiger partial charge in [0.2, 0.25) is 5.95 Å². The first-order valence-corrected chi connectivity index (χ1v) is 6.14. The summed E-state index contributed by atoms with van der Waals surface area (Å²) < 4.78 is 0. The molecule has 0 spiro atoms. The van der Waals surface area contributed by atoms with Crippen LogP contribution in [0.15, 0.2) is 36.5 Å². The van der Waals surface area contributed by atoms with Crippen LogP contribution in [0, 0.1) is 0 Å². The number of thiocarbonyl (C=S) groups is 1. The van der Waals surface area contributed by atoms with Gasteiger partial charge in [0.05, 0.1) is 0 Å². The molecule has 98 valence electrons. The molecular weight excluding hydrogens is 258 g/mol. The summed E-state index contributed by atoms with van der Waals surface area (Å²) in [5, 5.41) is 3.13. The van der Waals surface area contributed by atoms with Crippen molar-refractivity contribution in [3.63, 3.8) is 0 Å². The van der Waals surface area contributed by atoms with Crippen LogP contribution in [-0.2, 0) is 0 Å². The Labute approximate surface area is 117 Å². The highest BCUT2D eigenvalue weighted by atomic mass is 32.1. The molecule has 2 aromatic rings. The maximum atomic E-state index is 5.55. The van der Waals surface area contributed by atoms with E-state index >= 15 is 0 Å². The van der Waals surface area contributed by atoms with Crippen molar-refractivity contribution >= 4 is 34.5 Å². The number of nitrogens with two attached hydrogens (primary N) is 1. The monoisotopic (exact) mass is 273 g/mol. The van der Waals surface area contributed by atoms with Crippen molar-refractivity contribution in [2.75, 3.05) is 24.3 Å². The molecule has 0 atom stereocenters. The largest absolute Gasteiger partial charge is 0.388 e. The number of nitrogens with one attached hydrogen (secondary N) is 1. The minimum Gasteiger partial charge on any atom is -0.388 e. The lowest BCUT2D eigenvalue weighted by Gasteiger charge is -2.14. The van der Waals surface area contributed by atoms with Gasteiger partial charge in [-0.25, -0.2) is 9.97 Å².